The van der Waals surface area contributed by atoms with Crippen LogP contribution in [0.5, 0.6) is 0 Å². The summed E-state index contributed by atoms with van der Waals surface area (Å²) in [4.78, 5) is 4.45. The number of rotatable bonds is 11. The molecule has 0 radical (unpaired) electrons. The molecule has 2 heteroatoms. The molecular weight excluding hydrogens is 246 g/mol. The molecule has 1 aromatic rings. The molecule has 0 amide bonds. The minimum Gasteiger partial charge on any atom is -0.445 e. The van der Waals surface area contributed by atoms with E-state index < -0.39 is 0 Å². The average molecular weight is 279 g/mol. The average Bonchev–Trinajstić information content (AvgIpc) is 2.76. The first-order valence-corrected chi connectivity index (χ1v) is 8.62. The van der Waals surface area contributed by atoms with Gasteiger partial charge in [0.05, 0.1) is 5.69 Å². The molecule has 1 rings (SSSR count). The van der Waals surface area contributed by atoms with Crippen molar-refractivity contribution in [2.45, 2.75) is 97.8 Å². The van der Waals surface area contributed by atoms with Crippen molar-refractivity contribution in [2.75, 3.05) is 0 Å². The lowest BCUT2D eigenvalue weighted by Crippen LogP contribution is -2.00. The van der Waals surface area contributed by atoms with E-state index >= 15 is 0 Å². The van der Waals surface area contributed by atoms with Gasteiger partial charge in [0, 0.05) is 12.8 Å². The van der Waals surface area contributed by atoms with Crippen molar-refractivity contribution in [1.29, 1.82) is 0 Å². The molecule has 1 aromatic heterocycles. The second-order valence-electron chi connectivity index (χ2n) is 6.08. The van der Waals surface area contributed by atoms with Gasteiger partial charge in [-0.1, -0.05) is 65.2 Å². The van der Waals surface area contributed by atoms with Crippen molar-refractivity contribution >= 4 is 0 Å². The second kappa shape index (κ2) is 10.0. The summed E-state index contributed by atoms with van der Waals surface area (Å²) >= 11 is 0. The number of hydrogen-bond donors (Lipinski definition) is 0. The highest BCUT2D eigenvalue weighted by Crippen LogP contribution is 2.31. The molecule has 0 atom stereocenters. The Hall–Kier alpha value is -0.790. The van der Waals surface area contributed by atoms with Gasteiger partial charge in [0.2, 0.25) is 0 Å². The first-order chi connectivity index (χ1) is 9.69. The quantitative estimate of drug-likeness (QED) is 0.443. The SMILES string of the molecule is CCCCCCC(CCCCCC)c1oc(C)nc1C. The maximum atomic E-state index is 5.88. The Labute approximate surface area is 125 Å². The Bertz CT molecular complexity index is 344. The summed E-state index contributed by atoms with van der Waals surface area (Å²) in [6, 6.07) is 0. The summed E-state index contributed by atoms with van der Waals surface area (Å²) < 4.78 is 5.88. The highest BCUT2D eigenvalue weighted by molar-refractivity contribution is 5.12. The summed E-state index contributed by atoms with van der Waals surface area (Å²) in [5, 5.41) is 0. The maximum Gasteiger partial charge on any atom is 0.191 e. The van der Waals surface area contributed by atoms with Crippen LogP contribution in [0.1, 0.15) is 101 Å². The van der Waals surface area contributed by atoms with Gasteiger partial charge in [-0.05, 0) is 19.8 Å². The van der Waals surface area contributed by atoms with E-state index in [2.05, 4.69) is 25.8 Å². The minimum atomic E-state index is 0.588. The Kier molecular flexibility index (Phi) is 8.64. The van der Waals surface area contributed by atoms with Crippen LogP contribution in [0.2, 0.25) is 0 Å². The predicted molar refractivity (Wildman–Crippen MR) is 86.2 cm³/mol. The molecule has 0 unspecified atom stereocenters. The summed E-state index contributed by atoms with van der Waals surface area (Å²) in [5.74, 6) is 2.57. The molecule has 0 bridgehead atoms. The zero-order chi connectivity index (χ0) is 14.8. The van der Waals surface area contributed by atoms with Crippen LogP contribution in [0, 0.1) is 13.8 Å². The fourth-order valence-electron chi connectivity index (χ4n) is 2.97. The van der Waals surface area contributed by atoms with Crippen LogP contribution in [0.15, 0.2) is 4.42 Å². The smallest absolute Gasteiger partial charge is 0.191 e. The van der Waals surface area contributed by atoms with Crippen molar-refractivity contribution in [3.05, 3.63) is 17.3 Å². The topological polar surface area (TPSA) is 26.0 Å². The number of aromatic nitrogens is 1. The zero-order valence-electron chi connectivity index (χ0n) is 14.0. The second-order valence-corrected chi connectivity index (χ2v) is 6.08. The number of oxazole rings is 1. The molecule has 0 aromatic carbocycles. The van der Waals surface area contributed by atoms with Crippen molar-refractivity contribution in [1.82, 2.24) is 4.98 Å². The standard InChI is InChI=1S/C18H33NO/c1-5-7-9-11-13-17(14-12-10-8-6-2)18-15(3)19-16(4)20-18/h17H,5-14H2,1-4H3. The van der Waals surface area contributed by atoms with E-state index in [0.29, 0.717) is 5.92 Å². The first-order valence-electron chi connectivity index (χ1n) is 8.62. The molecule has 0 N–H and O–H groups in total. The van der Waals surface area contributed by atoms with E-state index in [0.717, 1.165) is 17.3 Å². The van der Waals surface area contributed by atoms with Gasteiger partial charge in [-0.15, -0.1) is 0 Å². The minimum absolute atomic E-state index is 0.588. The molecule has 116 valence electrons. The van der Waals surface area contributed by atoms with Crippen LogP contribution in [-0.2, 0) is 0 Å². The van der Waals surface area contributed by atoms with Gasteiger partial charge >= 0.3 is 0 Å². The van der Waals surface area contributed by atoms with E-state index in [1.54, 1.807) is 0 Å². The molecule has 0 spiro atoms. The molecule has 20 heavy (non-hydrogen) atoms. The van der Waals surface area contributed by atoms with Gasteiger partial charge in [-0.25, -0.2) is 4.98 Å². The Morgan fingerprint density at radius 3 is 1.80 bits per heavy atom. The predicted octanol–water partition coefficient (Wildman–Crippen LogP) is 6.32. The monoisotopic (exact) mass is 279 g/mol. The van der Waals surface area contributed by atoms with Gasteiger partial charge in [-0.3, -0.25) is 0 Å². The Morgan fingerprint density at radius 2 is 1.40 bits per heavy atom. The normalized spacial score (nSPS) is 11.4. The van der Waals surface area contributed by atoms with Crippen LogP contribution in [0.4, 0.5) is 0 Å². The van der Waals surface area contributed by atoms with Gasteiger partial charge in [0.15, 0.2) is 5.89 Å². The number of unbranched alkanes of at least 4 members (excludes halogenated alkanes) is 6. The maximum absolute atomic E-state index is 5.88. The molecule has 0 aliphatic heterocycles. The summed E-state index contributed by atoms with van der Waals surface area (Å²) in [5.41, 5.74) is 1.11. The summed E-state index contributed by atoms with van der Waals surface area (Å²) in [6.07, 6.45) is 13.2. The lowest BCUT2D eigenvalue weighted by atomic mass is 9.91. The molecule has 0 aliphatic carbocycles. The van der Waals surface area contributed by atoms with Crippen molar-refractivity contribution < 1.29 is 4.42 Å². The van der Waals surface area contributed by atoms with Crippen molar-refractivity contribution in [3.8, 4) is 0 Å². The van der Waals surface area contributed by atoms with E-state index in [1.165, 1.54) is 64.2 Å². The van der Waals surface area contributed by atoms with Gasteiger partial charge in [0.25, 0.3) is 0 Å². The van der Waals surface area contributed by atoms with E-state index in [4.69, 9.17) is 4.42 Å². The van der Waals surface area contributed by atoms with Crippen LogP contribution in [0.25, 0.3) is 0 Å². The molecule has 0 saturated carbocycles. The van der Waals surface area contributed by atoms with E-state index in [9.17, 15) is 0 Å². The molecule has 0 fully saturated rings. The van der Waals surface area contributed by atoms with Crippen molar-refractivity contribution in [2.24, 2.45) is 0 Å². The van der Waals surface area contributed by atoms with Crippen molar-refractivity contribution in [3.63, 3.8) is 0 Å². The largest absolute Gasteiger partial charge is 0.445 e. The fourth-order valence-corrected chi connectivity index (χ4v) is 2.97. The van der Waals surface area contributed by atoms with Gasteiger partial charge in [-0.2, -0.15) is 0 Å². The molecule has 2 nitrogen and oxygen atoms in total. The van der Waals surface area contributed by atoms with Crippen LogP contribution in [-0.4, -0.2) is 4.98 Å². The van der Waals surface area contributed by atoms with Gasteiger partial charge < -0.3 is 4.42 Å². The highest BCUT2D eigenvalue weighted by atomic mass is 16.4. The molecule has 0 saturated heterocycles. The molecule has 0 aliphatic rings. The number of aryl methyl sites for hydroxylation is 2. The first kappa shape index (κ1) is 17.3. The third-order valence-electron chi connectivity index (χ3n) is 4.12. The lowest BCUT2D eigenvalue weighted by molar-refractivity contribution is 0.392. The highest BCUT2D eigenvalue weighted by Gasteiger charge is 2.18. The van der Waals surface area contributed by atoms with E-state index in [1.807, 2.05) is 6.92 Å². The third kappa shape index (κ3) is 6.11. The number of nitrogens with zero attached hydrogens (tertiary/aromatic N) is 1. The van der Waals surface area contributed by atoms with Crippen LogP contribution >= 0.6 is 0 Å². The number of hydrogen-bond acceptors (Lipinski definition) is 2. The summed E-state index contributed by atoms with van der Waals surface area (Å²) in [6.45, 7) is 8.59. The van der Waals surface area contributed by atoms with Crippen LogP contribution in [0.3, 0.4) is 0 Å². The van der Waals surface area contributed by atoms with E-state index in [-0.39, 0.29) is 0 Å². The molecule has 1 heterocycles. The summed E-state index contributed by atoms with van der Waals surface area (Å²) in [7, 11) is 0. The lowest BCUT2D eigenvalue weighted by Gasteiger charge is -2.15. The fraction of sp³-hybridized carbons (Fsp3) is 0.833. The van der Waals surface area contributed by atoms with Gasteiger partial charge in [0.1, 0.15) is 5.76 Å². The Morgan fingerprint density at radius 1 is 0.850 bits per heavy atom. The third-order valence-corrected chi connectivity index (χ3v) is 4.12. The molecular formula is C18H33NO. The zero-order valence-corrected chi connectivity index (χ0v) is 14.0. The Balaban J connectivity index is 2.51. The van der Waals surface area contributed by atoms with Crippen LogP contribution < -0.4 is 0 Å².